The molecule has 0 heterocycles. The van der Waals surface area contributed by atoms with E-state index >= 15 is 0 Å². The van der Waals surface area contributed by atoms with E-state index in [4.69, 9.17) is 0 Å². The van der Waals surface area contributed by atoms with Crippen molar-refractivity contribution in [2.45, 2.75) is 38.0 Å². The van der Waals surface area contributed by atoms with E-state index in [1.807, 2.05) is 18.2 Å². The number of benzene rings is 2. The standard InChI is InChI=1S/C23H22F2/c1-2-3-17-6-11-20(12-7-17)21-13-8-18(9-14-21)4-5-19-10-15-22(24)23(25)16-19/h2,8-10,13-17,20H,1,3,6-7,11-12H2/t17-,20-. The van der Waals surface area contributed by atoms with Crippen molar-refractivity contribution in [2.75, 3.05) is 0 Å². The fourth-order valence-electron chi connectivity index (χ4n) is 3.52. The molecule has 0 nitrogen and oxygen atoms in total. The van der Waals surface area contributed by atoms with Crippen LogP contribution in [0.15, 0.2) is 55.1 Å². The van der Waals surface area contributed by atoms with Crippen molar-refractivity contribution in [1.29, 1.82) is 0 Å². The maximum atomic E-state index is 13.2. The molecule has 0 aromatic heterocycles. The number of hydrogen-bond donors (Lipinski definition) is 0. The molecule has 128 valence electrons. The Labute approximate surface area is 148 Å². The highest BCUT2D eigenvalue weighted by atomic mass is 19.2. The van der Waals surface area contributed by atoms with Gasteiger partial charge in [-0.15, -0.1) is 6.58 Å². The SMILES string of the molecule is C=CC[C@H]1CC[C@H](c2ccc(C#Cc3ccc(F)c(F)c3)cc2)CC1. The summed E-state index contributed by atoms with van der Waals surface area (Å²) in [5, 5.41) is 0. The lowest BCUT2D eigenvalue weighted by molar-refractivity contribution is 0.328. The second-order valence-electron chi connectivity index (χ2n) is 6.74. The average molecular weight is 336 g/mol. The molecule has 1 aliphatic carbocycles. The summed E-state index contributed by atoms with van der Waals surface area (Å²) in [5.74, 6) is 5.61. The summed E-state index contributed by atoms with van der Waals surface area (Å²) < 4.78 is 26.1. The first-order chi connectivity index (χ1) is 12.2. The Balaban J connectivity index is 1.64. The molecule has 1 saturated carbocycles. The third kappa shape index (κ3) is 4.57. The van der Waals surface area contributed by atoms with Crippen LogP contribution in [0.5, 0.6) is 0 Å². The van der Waals surface area contributed by atoms with Crippen LogP contribution in [-0.2, 0) is 0 Å². The molecule has 0 unspecified atom stereocenters. The van der Waals surface area contributed by atoms with Crippen molar-refractivity contribution in [3.63, 3.8) is 0 Å². The van der Waals surface area contributed by atoms with E-state index in [0.717, 1.165) is 30.0 Å². The molecule has 0 N–H and O–H groups in total. The van der Waals surface area contributed by atoms with Crippen LogP contribution in [0.2, 0.25) is 0 Å². The second kappa shape index (κ2) is 8.12. The Morgan fingerprint density at radius 2 is 1.52 bits per heavy atom. The van der Waals surface area contributed by atoms with Gasteiger partial charge in [-0.2, -0.15) is 0 Å². The molecular formula is C23H22F2. The van der Waals surface area contributed by atoms with E-state index in [1.165, 1.54) is 37.3 Å². The summed E-state index contributed by atoms with van der Waals surface area (Å²) in [4.78, 5) is 0. The van der Waals surface area contributed by atoms with Crippen molar-refractivity contribution in [1.82, 2.24) is 0 Å². The Morgan fingerprint density at radius 1 is 0.880 bits per heavy atom. The minimum Gasteiger partial charge on any atom is -0.204 e. The van der Waals surface area contributed by atoms with Gasteiger partial charge < -0.3 is 0 Å². The normalized spacial score (nSPS) is 19.8. The zero-order chi connectivity index (χ0) is 17.6. The minimum atomic E-state index is -0.866. The Kier molecular flexibility index (Phi) is 5.66. The number of allylic oxidation sites excluding steroid dienone is 1. The Bertz CT molecular complexity index is 785. The molecule has 2 aromatic carbocycles. The molecule has 0 aliphatic heterocycles. The van der Waals surface area contributed by atoms with Crippen LogP contribution in [0.25, 0.3) is 0 Å². The molecule has 3 rings (SSSR count). The molecule has 0 amide bonds. The van der Waals surface area contributed by atoms with Gasteiger partial charge in [0.25, 0.3) is 0 Å². The summed E-state index contributed by atoms with van der Waals surface area (Å²) in [7, 11) is 0. The quantitative estimate of drug-likeness (QED) is 0.461. The van der Waals surface area contributed by atoms with Crippen molar-refractivity contribution >= 4 is 0 Å². The lowest BCUT2D eigenvalue weighted by atomic mass is 9.77. The molecule has 0 spiro atoms. The molecular weight excluding hydrogens is 314 g/mol. The van der Waals surface area contributed by atoms with Gasteiger partial charge in [-0.3, -0.25) is 0 Å². The maximum Gasteiger partial charge on any atom is 0.160 e. The largest absolute Gasteiger partial charge is 0.204 e. The van der Waals surface area contributed by atoms with Gasteiger partial charge in [-0.05, 0) is 79.8 Å². The van der Waals surface area contributed by atoms with Gasteiger partial charge in [0.2, 0.25) is 0 Å². The van der Waals surface area contributed by atoms with Gasteiger partial charge in [0, 0.05) is 11.1 Å². The number of rotatable bonds is 3. The Morgan fingerprint density at radius 3 is 2.16 bits per heavy atom. The molecule has 25 heavy (non-hydrogen) atoms. The molecule has 0 atom stereocenters. The second-order valence-corrected chi connectivity index (χ2v) is 6.74. The van der Waals surface area contributed by atoms with Crippen molar-refractivity contribution < 1.29 is 8.78 Å². The van der Waals surface area contributed by atoms with Crippen LogP contribution in [0.3, 0.4) is 0 Å². The van der Waals surface area contributed by atoms with Crippen molar-refractivity contribution in [3.05, 3.63) is 83.4 Å². The van der Waals surface area contributed by atoms with E-state index in [0.29, 0.717) is 11.5 Å². The van der Waals surface area contributed by atoms with Crippen LogP contribution in [0.1, 0.15) is 54.7 Å². The van der Waals surface area contributed by atoms with Gasteiger partial charge in [0.05, 0.1) is 0 Å². The summed E-state index contributed by atoms with van der Waals surface area (Å²) in [6.07, 6.45) is 8.18. The number of hydrogen-bond acceptors (Lipinski definition) is 0. The highest BCUT2D eigenvalue weighted by molar-refractivity contribution is 5.44. The Hall–Kier alpha value is -2.40. The lowest BCUT2D eigenvalue weighted by Crippen LogP contribution is -2.12. The van der Waals surface area contributed by atoms with Crippen LogP contribution in [-0.4, -0.2) is 0 Å². The van der Waals surface area contributed by atoms with E-state index < -0.39 is 11.6 Å². The van der Waals surface area contributed by atoms with Crippen LogP contribution < -0.4 is 0 Å². The monoisotopic (exact) mass is 336 g/mol. The number of halogens is 2. The highest BCUT2D eigenvalue weighted by Gasteiger charge is 2.21. The minimum absolute atomic E-state index is 0.475. The first-order valence-electron chi connectivity index (χ1n) is 8.83. The smallest absolute Gasteiger partial charge is 0.160 e. The molecule has 1 fully saturated rings. The first-order valence-corrected chi connectivity index (χ1v) is 8.83. The lowest BCUT2D eigenvalue weighted by Gasteiger charge is -2.28. The molecule has 0 saturated heterocycles. The van der Waals surface area contributed by atoms with Gasteiger partial charge in [0.15, 0.2) is 11.6 Å². The fourth-order valence-corrected chi connectivity index (χ4v) is 3.52. The molecule has 2 heteroatoms. The van der Waals surface area contributed by atoms with Gasteiger partial charge >= 0.3 is 0 Å². The zero-order valence-corrected chi connectivity index (χ0v) is 14.3. The molecule has 0 radical (unpaired) electrons. The van der Waals surface area contributed by atoms with E-state index in [2.05, 4.69) is 30.6 Å². The van der Waals surface area contributed by atoms with Crippen LogP contribution in [0, 0.1) is 29.4 Å². The van der Waals surface area contributed by atoms with Crippen LogP contribution >= 0.6 is 0 Å². The van der Waals surface area contributed by atoms with E-state index in [1.54, 1.807) is 0 Å². The van der Waals surface area contributed by atoms with Gasteiger partial charge in [-0.1, -0.05) is 30.0 Å². The summed E-state index contributed by atoms with van der Waals surface area (Å²) in [5.41, 5.74) is 2.73. The van der Waals surface area contributed by atoms with Crippen molar-refractivity contribution in [2.24, 2.45) is 5.92 Å². The van der Waals surface area contributed by atoms with E-state index in [-0.39, 0.29) is 0 Å². The van der Waals surface area contributed by atoms with Gasteiger partial charge in [0.1, 0.15) is 0 Å². The summed E-state index contributed by atoms with van der Waals surface area (Å²) >= 11 is 0. The predicted octanol–water partition coefficient (Wildman–Crippen LogP) is 6.21. The zero-order valence-electron chi connectivity index (χ0n) is 14.3. The molecule has 1 aliphatic rings. The summed E-state index contributed by atoms with van der Waals surface area (Å²) in [6, 6.07) is 12.0. The fraction of sp³-hybridized carbons (Fsp3) is 0.304. The van der Waals surface area contributed by atoms with Crippen LogP contribution in [0.4, 0.5) is 8.78 Å². The first kappa shape index (κ1) is 17.4. The van der Waals surface area contributed by atoms with E-state index in [9.17, 15) is 8.78 Å². The third-order valence-electron chi connectivity index (χ3n) is 5.00. The average Bonchev–Trinajstić information content (AvgIpc) is 2.64. The highest BCUT2D eigenvalue weighted by Crippen LogP contribution is 2.37. The van der Waals surface area contributed by atoms with Gasteiger partial charge in [-0.25, -0.2) is 8.78 Å². The molecule has 2 aromatic rings. The van der Waals surface area contributed by atoms with Crippen molar-refractivity contribution in [3.8, 4) is 11.8 Å². The third-order valence-corrected chi connectivity index (χ3v) is 5.00. The predicted molar refractivity (Wildman–Crippen MR) is 98.3 cm³/mol. The molecule has 0 bridgehead atoms. The maximum absolute atomic E-state index is 13.2. The summed E-state index contributed by atoms with van der Waals surface area (Å²) in [6.45, 7) is 3.84. The topological polar surface area (TPSA) is 0 Å².